The molecule has 1 rings (SSSR count). The summed E-state index contributed by atoms with van der Waals surface area (Å²) in [4.78, 5) is 11.4. The Labute approximate surface area is 89.2 Å². The topological polar surface area (TPSA) is 67.0 Å². The molecule has 0 aliphatic heterocycles. The van der Waals surface area contributed by atoms with Crippen LogP contribution in [0.5, 0.6) is 0 Å². The third-order valence-corrected chi connectivity index (χ3v) is 1.94. The molecule has 0 radical (unpaired) electrons. The summed E-state index contributed by atoms with van der Waals surface area (Å²) in [5, 5.41) is 9.33. The van der Waals surface area contributed by atoms with Crippen molar-refractivity contribution in [3.8, 4) is 0 Å². The molecular weight excluding hydrogens is 194 g/mol. The van der Waals surface area contributed by atoms with E-state index in [-0.39, 0.29) is 24.7 Å². The minimum Gasteiger partial charge on any atom is -0.369 e. The van der Waals surface area contributed by atoms with Crippen LogP contribution in [0.1, 0.15) is 32.4 Å². The summed E-state index contributed by atoms with van der Waals surface area (Å²) in [6.45, 7) is 5.79. The average molecular weight is 211 g/mol. The van der Waals surface area contributed by atoms with Crippen molar-refractivity contribution in [3.63, 3.8) is 0 Å². The maximum absolute atomic E-state index is 11.4. The van der Waals surface area contributed by atoms with E-state index in [1.807, 2.05) is 20.8 Å². The summed E-state index contributed by atoms with van der Waals surface area (Å²) in [5.41, 5.74) is 0.952. The zero-order valence-corrected chi connectivity index (χ0v) is 9.28. The Balaban J connectivity index is 2.32. The van der Waals surface area contributed by atoms with Gasteiger partial charge in [0.1, 0.15) is 6.61 Å². The third-order valence-electron chi connectivity index (χ3n) is 1.94. The van der Waals surface area contributed by atoms with Gasteiger partial charge in [-0.05, 0) is 20.8 Å². The normalized spacial score (nSPS) is 12.8. The van der Waals surface area contributed by atoms with Crippen molar-refractivity contribution >= 4 is 5.91 Å². The highest BCUT2D eigenvalue weighted by Crippen LogP contribution is 2.08. The first-order chi connectivity index (χ1) is 7.09. The molecule has 0 saturated carbocycles. The quantitative estimate of drug-likeness (QED) is 0.764. The second kappa shape index (κ2) is 5.50. The van der Waals surface area contributed by atoms with Gasteiger partial charge in [0.15, 0.2) is 0 Å². The Morgan fingerprint density at radius 2 is 2.33 bits per heavy atom. The van der Waals surface area contributed by atoms with Gasteiger partial charge in [-0.2, -0.15) is 5.10 Å². The van der Waals surface area contributed by atoms with Gasteiger partial charge in [-0.3, -0.25) is 9.89 Å². The minimum atomic E-state index is -0.114. The van der Waals surface area contributed by atoms with Crippen LogP contribution in [-0.2, 0) is 9.53 Å². The Hall–Kier alpha value is -1.36. The number of aromatic amines is 1. The molecule has 5 nitrogen and oxygen atoms in total. The minimum absolute atomic E-state index is 0.0491. The predicted molar refractivity (Wildman–Crippen MR) is 56.2 cm³/mol. The van der Waals surface area contributed by atoms with Gasteiger partial charge < -0.3 is 10.1 Å². The highest BCUT2D eigenvalue weighted by molar-refractivity contribution is 5.77. The fourth-order valence-electron chi connectivity index (χ4n) is 1.11. The van der Waals surface area contributed by atoms with Crippen LogP contribution in [0.25, 0.3) is 0 Å². The van der Waals surface area contributed by atoms with Crippen LogP contribution in [0, 0.1) is 0 Å². The third kappa shape index (κ3) is 4.12. The number of carbonyl (C=O) groups excluding carboxylic acids is 1. The van der Waals surface area contributed by atoms with E-state index in [9.17, 15) is 4.79 Å². The first-order valence-electron chi connectivity index (χ1n) is 4.99. The Kier molecular flexibility index (Phi) is 4.30. The molecule has 2 N–H and O–H groups in total. The molecule has 0 fully saturated rings. The lowest BCUT2D eigenvalue weighted by Gasteiger charge is -2.13. The van der Waals surface area contributed by atoms with Crippen molar-refractivity contribution in [2.24, 2.45) is 0 Å². The molecule has 84 valence electrons. The van der Waals surface area contributed by atoms with Crippen molar-refractivity contribution in [1.82, 2.24) is 15.5 Å². The van der Waals surface area contributed by atoms with Crippen LogP contribution in [-0.4, -0.2) is 28.8 Å². The number of ether oxygens (including phenoxy) is 1. The van der Waals surface area contributed by atoms with Gasteiger partial charge in [-0.15, -0.1) is 0 Å². The van der Waals surface area contributed by atoms with Gasteiger partial charge in [0.25, 0.3) is 0 Å². The summed E-state index contributed by atoms with van der Waals surface area (Å²) in [5.74, 6) is -0.114. The maximum atomic E-state index is 11.4. The van der Waals surface area contributed by atoms with Gasteiger partial charge in [0, 0.05) is 11.8 Å². The zero-order chi connectivity index (χ0) is 11.3. The summed E-state index contributed by atoms with van der Waals surface area (Å²) < 4.78 is 5.19. The van der Waals surface area contributed by atoms with Crippen molar-refractivity contribution in [2.75, 3.05) is 6.61 Å². The Bertz CT molecular complexity index is 296. The SMILES string of the molecule is CC(C)OCC(=O)NC(C)c1cn[nH]c1. The second-order valence-electron chi connectivity index (χ2n) is 3.68. The van der Waals surface area contributed by atoms with Gasteiger partial charge in [0.05, 0.1) is 18.3 Å². The van der Waals surface area contributed by atoms with Gasteiger partial charge in [0.2, 0.25) is 5.91 Å². The number of rotatable bonds is 5. The predicted octanol–water partition coefficient (Wildman–Crippen LogP) is 1.01. The zero-order valence-electron chi connectivity index (χ0n) is 9.28. The highest BCUT2D eigenvalue weighted by atomic mass is 16.5. The van der Waals surface area contributed by atoms with E-state index in [4.69, 9.17) is 4.74 Å². The van der Waals surface area contributed by atoms with E-state index in [1.54, 1.807) is 12.4 Å². The molecule has 1 aromatic rings. The van der Waals surface area contributed by atoms with Gasteiger partial charge in [-0.25, -0.2) is 0 Å². The molecule has 0 aliphatic rings. The number of nitrogens with zero attached hydrogens (tertiary/aromatic N) is 1. The molecule has 0 spiro atoms. The number of hydrogen-bond acceptors (Lipinski definition) is 3. The van der Waals surface area contributed by atoms with Crippen LogP contribution in [0.2, 0.25) is 0 Å². The molecule has 0 bridgehead atoms. The number of nitrogens with one attached hydrogen (secondary N) is 2. The molecule has 1 heterocycles. The first-order valence-corrected chi connectivity index (χ1v) is 4.99. The summed E-state index contributed by atoms with van der Waals surface area (Å²) in [7, 11) is 0. The van der Waals surface area contributed by atoms with Crippen LogP contribution >= 0.6 is 0 Å². The number of hydrogen-bond donors (Lipinski definition) is 2. The average Bonchev–Trinajstić information content (AvgIpc) is 2.67. The lowest BCUT2D eigenvalue weighted by Crippen LogP contribution is -2.30. The lowest BCUT2D eigenvalue weighted by molar-refractivity contribution is -0.127. The van der Waals surface area contributed by atoms with E-state index >= 15 is 0 Å². The first kappa shape index (κ1) is 11.7. The molecule has 1 aromatic heterocycles. The van der Waals surface area contributed by atoms with E-state index in [2.05, 4.69) is 15.5 Å². The molecule has 5 heteroatoms. The number of H-pyrrole nitrogens is 1. The Morgan fingerprint density at radius 1 is 1.60 bits per heavy atom. The summed E-state index contributed by atoms with van der Waals surface area (Å²) >= 11 is 0. The second-order valence-corrected chi connectivity index (χ2v) is 3.68. The molecule has 0 aromatic carbocycles. The van der Waals surface area contributed by atoms with E-state index < -0.39 is 0 Å². The monoisotopic (exact) mass is 211 g/mol. The summed E-state index contributed by atoms with van der Waals surface area (Å²) in [6.07, 6.45) is 3.52. The lowest BCUT2D eigenvalue weighted by atomic mass is 10.2. The molecule has 1 unspecified atom stereocenters. The highest BCUT2D eigenvalue weighted by Gasteiger charge is 2.10. The van der Waals surface area contributed by atoms with E-state index in [1.165, 1.54) is 0 Å². The van der Waals surface area contributed by atoms with Crippen LogP contribution in [0.3, 0.4) is 0 Å². The van der Waals surface area contributed by atoms with E-state index in [0.29, 0.717) is 0 Å². The largest absolute Gasteiger partial charge is 0.369 e. The standard InChI is InChI=1S/C10H17N3O2/c1-7(2)15-6-10(14)13-8(3)9-4-11-12-5-9/h4-5,7-8H,6H2,1-3H3,(H,11,12)(H,13,14). The van der Waals surface area contributed by atoms with E-state index in [0.717, 1.165) is 5.56 Å². The number of amides is 1. The van der Waals surface area contributed by atoms with Crippen LogP contribution in [0.4, 0.5) is 0 Å². The number of aromatic nitrogens is 2. The summed E-state index contributed by atoms with van der Waals surface area (Å²) in [6, 6.07) is -0.0491. The molecular formula is C10H17N3O2. The number of carbonyl (C=O) groups is 1. The van der Waals surface area contributed by atoms with Gasteiger partial charge in [-0.1, -0.05) is 0 Å². The van der Waals surface area contributed by atoms with Crippen LogP contribution < -0.4 is 5.32 Å². The molecule has 1 atom stereocenters. The fourth-order valence-corrected chi connectivity index (χ4v) is 1.11. The van der Waals surface area contributed by atoms with Crippen molar-refractivity contribution in [2.45, 2.75) is 32.9 Å². The van der Waals surface area contributed by atoms with Crippen LogP contribution in [0.15, 0.2) is 12.4 Å². The van der Waals surface area contributed by atoms with Crippen molar-refractivity contribution in [3.05, 3.63) is 18.0 Å². The molecule has 0 saturated heterocycles. The fraction of sp³-hybridized carbons (Fsp3) is 0.600. The maximum Gasteiger partial charge on any atom is 0.246 e. The molecule has 15 heavy (non-hydrogen) atoms. The van der Waals surface area contributed by atoms with Crippen molar-refractivity contribution < 1.29 is 9.53 Å². The molecule has 0 aliphatic carbocycles. The van der Waals surface area contributed by atoms with Gasteiger partial charge >= 0.3 is 0 Å². The molecule has 1 amide bonds. The Morgan fingerprint density at radius 3 is 2.87 bits per heavy atom. The smallest absolute Gasteiger partial charge is 0.246 e. The van der Waals surface area contributed by atoms with Crippen molar-refractivity contribution in [1.29, 1.82) is 0 Å².